The largest absolute Gasteiger partial charge is 0.350 e. The van der Waals surface area contributed by atoms with E-state index in [0.717, 1.165) is 23.2 Å². The minimum atomic E-state index is -0.197. The Bertz CT molecular complexity index is 1070. The molecule has 0 spiro atoms. The number of imidazole rings is 1. The minimum absolute atomic E-state index is 0.197. The van der Waals surface area contributed by atoms with Crippen LogP contribution < -0.4 is 5.32 Å². The molecule has 4 rings (SSSR count). The van der Waals surface area contributed by atoms with Crippen molar-refractivity contribution in [3.63, 3.8) is 0 Å². The molecule has 1 N–H and O–H groups in total. The fraction of sp³-hybridized carbons (Fsp3) is 0.143. The number of nitrogens with one attached hydrogen (secondary N) is 1. The SMILES string of the molecule is Cc1ccc(-c2nccn3cc(C(=O)NCCc4cccnc4)nc23)cc1. The first kappa shape index (κ1) is 16.9. The molecule has 1 amide bonds. The number of carbonyl (C=O) groups excluding carboxylic acids is 1. The fourth-order valence-electron chi connectivity index (χ4n) is 2.90. The first-order valence-corrected chi connectivity index (χ1v) is 8.78. The van der Waals surface area contributed by atoms with E-state index in [-0.39, 0.29) is 5.91 Å². The molecule has 6 nitrogen and oxygen atoms in total. The van der Waals surface area contributed by atoms with Crippen LogP contribution in [0.1, 0.15) is 21.6 Å². The van der Waals surface area contributed by atoms with Crippen molar-refractivity contribution < 1.29 is 4.79 Å². The van der Waals surface area contributed by atoms with Gasteiger partial charge in [0.2, 0.25) is 0 Å². The quantitative estimate of drug-likeness (QED) is 0.596. The molecule has 134 valence electrons. The lowest BCUT2D eigenvalue weighted by molar-refractivity contribution is 0.0950. The van der Waals surface area contributed by atoms with Crippen molar-refractivity contribution in [3.8, 4) is 11.3 Å². The van der Waals surface area contributed by atoms with Gasteiger partial charge in [0.15, 0.2) is 5.65 Å². The summed E-state index contributed by atoms with van der Waals surface area (Å²) in [5.74, 6) is -0.197. The van der Waals surface area contributed by atoms with E-state index >= 15 is 0 Å². The zero-order valence-corrected chi connectivity index (χ0v) is 15.0. The summed E-state index contributed by atoms with van der Waals surface area (Å²) >= 11 is 0. The van der Waals surface area contributed by atoms with E-state index < -0.39 is 0 Å². The fourth-order valence-corrected chi connectivity index (χ4v) is 2.90. The third-order valence-corrected chi connectivity index (χ3v) is 4.35. The van der Waals surface area contributed by atoms with Gasteiger partial charge in [0.05, 0.1) is 0 Å². The van der Waals surface area contributed by atoms with Gasteiger partial charge in [-0.05, 0) is 25.0 Å². The molecule has 1 aromatic carbocycles. The number of carbonyl (C=O) groups is 1. The van der Waals surface area contributed by atoms with Crippen molar-refractivity contribution in [3.05, 3.63) is 84.2 Å². The number of benzene rings is 1. The summed E-state index contributed by atoms with van der Waals surface area (Å²) < 4.78 is 1.83. The van der Waals surface area contributed by atoms with E-state index in [1.165, 1.54) is 5.56 Å². The monoisotopic (exact) mass is 357 g/mol. The van der Waals surface area contributed by atoms with Crippen LogP contribution in [-0.2, 0) is 6.42 Å². The molecule has 27 heavy (non-hydrogen) atoms. The van der Waals surface area contributed by atoms with E-state index in [9.17, 15) is 4.79 Å². The minimum Gasteiger partial charge on any atom is -0.350 e. The lowest BCUT2D eigenvalue weighted by Crippen LogP contribution is -2.26. The van der Waals surface area contributed by atoms with Gasteiger partial charge in [0.25, 0.3) is 5.91 Å². The number of nitrogens with zero attached hydrogens (tertiary/aromatic N) is 4. The molecular formula is C21H19N5O. The molecule has 0 radical (unpaired) electrons. The van der Waals surface area contributed by atoms with Crippen LogP contribution in [0.5, 0.6) is 0 Å². The average Bonchev–Trinajstić information content (AvgIpc) is 3.14. The first-order valence-electron chi connectivity index (χ1n) is 8.78. The maximum Gasteiger partial charge on any atom is 0.271 e. The molecule has 0 aliphatic carbocycles. The number of aromatic nitrogens is 4. The van der Waals surface area contributed by atoms with Gasteiger partial charge < -0.3 is 9.72 Å². The van der Waals surface area contributed by atoms with Gasteiger partial charge in [-0.15, -0.1) is 0 Å². The number of rotatable bonds is 5. The average molecular weight is 357 g/mol. The van der Waals surface area contributed by atoms with Crippen LogP contribution in [-0.4, -0.2) is 31.8 Å². The van der Waals surface area contributed by atoms with Gasteiger partial charge in [-0.25, -0.2) is 4.98 Å². The normalized spacial score (nSPS) is 10.9. The summed E-state index contributed by atoms with van der Waals surface area (Å²) in [5, 5.41) is 2.91. The molecule has 6 heteroatoms. The zero-order valence-electron chi connectivity index (χ0n) is 15.0. The standard InChI is InChI=1S/C21H19N5O/c1-15-4-6-17(7-5-15)19-20-25-18(14-26(20)12-11-23-19)21(27)24-10-8-16-3-2-9-22-13-16/h2-7,9,11-14H,8,10H2,1H3,(H,24,27). The Hall–Kier alpha value is -3.54. The zero-order chi connectivity index (χ0) is 18.6. The number of hydrogen-bond acceptors (Lipinski definition) is 4. The summed E-state index contributed by atoms with van der Waals surface area (Å²) in [6.07, 6.45) is 9.51. The Labute approximate surface area is 156 Å². The maximum absolute atomic E-state index is 12.5. The van der Waals surface area contributed by atoms with Crippen molar-refractivity contribution >= 4 is 11.6 Å². The number of hydrogen-bond donors (Lipinski definition) is 1. The maximum atomic E-state index is 12.5. The van der Waals surface area contributed by atoms with E-state index in [1.54, 1.807) is 31.0 Å². The molecule has 0 unspecified atom stereocenters. The lowest BCUT2D eigenvalue weighted by Gasteiger charge is -2.03. The molecule has 0 fully saturated rings. The Morgan fingerprint density at radius 3 is 2.78 bits per heavy atom. The highest BCUT2D eigenvalue weighted by atomic mass is 16.1. The number of aryl methyl sites for hydroxylation is 1. The van der Waals surface area contributed by atoms with Gasteiger partial charge in [0.1, 0.15) is 11.4 Å². The van der Waals surface area contributed by atoms with E-state index in [1.807, 2.05) is 47.7 Å². The Kier molecular flexibility index (Phi) is 4.61. The second-order valence-corrected chi connectivity index (χ2v) is 6.37. The predicted octanol–water partition coefficient (Wildman–Crippen LogP) is 3.07. The Morgan fingerprint density at radius 1 is 1.15 bits per heavy atom. The Balaban J connectivity index is 1.53. The van der Waals surface area contributed by atoms with Crippen molar-refractivity contribution in [2.75, 3.05) is 6.54 Å². The number of pyridine rings is 1. The van der Waals surface area contributed by atoms with E-state index in [2.05, 4.69) is 20.3 Å². The summed E-state index contributed by atoms with van der Waals surface area (Å²) in [7, 11) is 0. The van der Waals surface area contributed by atoms with Crippen LogP contribution >= 0.6 is 0 Å². The van der Waals surface area contributed by atoms with Crippen LogP contribution in [0.15, 0.2) is 67.4 Å². The molecule has 0 bridgehead atoms. The summed E-state index contributed by atoms with van der Waals surface area (Å²) in [4.78, 5) is 25.5. The Morgan fingerprint density at radius 2 is 2.00 bits per heavy atom. The molecule has 0 saturated heterocycles. The van der Waals surface area contributed by atoms with Crippen molar-refractivity contribution in [1.82, 2.24) is 24.7 Å². The molecule has 0 atom stereocenters. The van der Waals surface area contributed by atoms with Crippen LogP contribution in [0.2, 0.25) is 0 Å². The topological polar surface area (TPSA) is 72.2 Å². The first-order chi connectivity index (χ1) is 13.2. The highest BCUT2D eigenvalue weighted by Crippen LogP contribution is 2.22. The molecule has 0 aliphatic heterocycles. The third kappa shape index (κ3) is 3.69. The van der Waals surface area contributed by atoms with Gasteiger partial charge in [-0.1, -0.05) is 35.9 Å². The molecule has 4 aromatic rings. The van der Waals surface area contributed by atoms with Crippen molar-refractivity contribution in [2.24, 2.45) is 0 Å². The van der Waals surface area contributed by atoms with Gasteiger partial charge >= 0.3 is 0 Å². The van der Waals surface area contributed by atoms with E-state index in [4.69, 9.17) is 0 Å². The highest BCUT2D eigenvalue weighted by molar-refractivity contribution is 5.93. The molecule has 3 heterocycles. The van der Waals surface area contributed by atoms with Crippen LogP contribution in [0.25, 0.3) is 16.9 Å². The second-order valence-electron chi connectivity index (χ2n) is 6.37. The summed E-state index contributed by atoms with van der Waals surface area (Å²) in [6, 6.07) is 12.0. The highest BCUT2D eigenvalue weighted by Gasteiger charge is 2.14. The smallest absolute Gasteiger partial charge is 0.271 e. The van der Waals surface area contributed by atoms with Crippen LogP contribution in [0, 0.1) is 6.92 Å². The van der Waals surface area contributed by atoms with Crippen LogP contribution in [0.3, 0.4) is 0 Å². The van der Waals surface area contributed by atoms with Crippen LogP contribution in [0.4, 0.5) is 0 Å². The number of fused-ring (bicyclic) bond motifs is 1. The van der Waals surface area contributed by atoms with Gasteiger partial charge in [0, 0.05) is 43.1 Å². The second kappa shape index (κ2) is 7.37. The van der Waals surface area contributed by atoms with E-state index in [0.29, 0.717) is 17.9 Å². The molecule has 3 aromatic heterocycles. The third-order valence-electron chi connectivity index (χ3n) is 4.35. The number of amides is 1. The summed E-state index contributed by atoms with van der Waals surface area (Å²) in [5.41, 5.74) is 5.04. The molecular weight excluding hydrogens is 338 g/mol. The van der Waals surface area contributed by atoms with Gasteiger partial charge in [-0.2, -0.15) is 0 Å². The molecule has 0 aliphatic rings. The lowest BCUT2D eigenvalue weighted by atomic mass is 10.1. The van der Waals surface area contributed by atoms with Crippen molar-refractivity contribution in [1.29, 1.82) is 0 Å². The van der Waals surface area contributed by atoms with Gasteiger partial charge in [-0.3, -0.25) is 14.8 Å². The summed E-state index contributed by atoms with van der Waals surface area (Å²) in [6.45, 7) is 2.57. The van der Waals surface area contributed by atoms with Crippen molar-refractivity contribution in [2.45, 2.75) is 13.3 Å². The predicted molar refractivity (Wildman–Crippen MR) is 103 cm³/mol. The molecule has 0 saturated carbocycles.